The molecule has 0 radical (unpaired) electrons. The molecule has 0 aromatic rings. The van der Waals surface area contributed by atoms with Crippen molar-refractivity contribution in [3.05, 3.63) is 12.2 Å². The van der Waals surface area contributed by atoms with E-state index in [4.69, 9.17) is 9.84 Å². The third kappa shape index (κ3) is 33.1. The molecule has 41 heavy (non-hydrogen) atoms. The normalized spacial score (nSPS) is 12.2. The highest BCUT2D eigenvalue weighted by Gasteiger charge is 2.14. The predicted molar refractivity (Wildman–Crippen MR) is 177 cm³/mol. The Morgan fingerprint density at radius 2 is 0.878 bits per heavy atom. The fourth-order valence-corrected chi connectivity index (χ4v) is 5.53. The standard InChI is InChI=1S/C37H70O4/c1-3-5-7-9-10-11-12-13-14-15-19-22-26-30-34-37(40)41-35(31-27-23-8-6-4-2)32-28-24-20-17-16-18-21-25-29-33-36(38)39/h11-12,35H,3-10,13-34H2,1-2H3,(H,38,39)/b12-11-. The molecule has 0 rings (SSSR count). The van der Waals surface area contributed by atoms with Gasteiger partial charge in [0.1, 0.15) is 6.10 Å². The molecule has 0 aliphatic carbocycles. The van der Waals surface area contributed by atoms with E-state index in [0.717, 1.165) is 51.4 Å². The zero-order chi connectivity index (χ0) is 30.1. The topological polar surface area (TPSA) is 63.6 Å². The Hall–Kier alpha value is -1.32. The second kappa shape index (κ2) is 33.2. The van der Waals surface area contributed by atoms with Crippen LogP contribution in [0.1, 0.15) is 206 Å². The van der Waals surface area contributed by atoms with E-state index in [1.807, 2.05) is 0 Å². The molecule has 0 saturated carbocycles. The first-order valence-electron chi connectivity index (χ1n) is 18.2. The number of hydrogen-bond donors (Lipinski definition) is 1. The summed E-state index contributed by atoms with van der Waals surface area (Å²) >= 11 is 0. The van der Waals surface area contributed by atoms with E-state index in [-0.39, 0.29) is 12.1 Å². The summed E-state index contributed by atoms with van der Waals surface area (Å²) in [4.78, 5) is 23.1. The molecule has 0 spiro atoms. The molecule has 0 amide bonds. The Balaban J connectivity index is 3.90. The largest absolute Gasteiger partial charge is 0.481 e. The first-order chi connectivity index (χ1) is 20.1. The molecule has 0 saturated heterocycles. The molecule has 4 nitrogen and oxygen atoms in total. The minimum absolute atomic E-state index is 0.0236. The van der Waals surface area contributed by atoms with Crippen molar-refractivity contribution < 1.29 is 19.4 Å². The maximum atomic E-state index is 12.6. The van der Waals surface area contributed by atoms with Gasteiger partial charge in [0, 0.05) is 12.8 Å². The number of carbonyl (C=O) groups is 2. The molecular formula is C37H70O4. The number of carboxylic acids is 1. The van der Waals surface area contributed by atoms with Crippen LogP contribution in [0.15, 0.2) is 12.2 Å². The van der Waals surface area contributed by atoms with Crippen LogP contribution in [0.3, 0.4) is 0 Å². The highest BCUT2D eigenvalue weighted by Crippen LogP contribution is 2.19. The second-order valence-electron chi connectivity index (χ2n) is 12.4. The minimum Gasteiger partial charge on any atom is -0.481 e. The number of hydrogen-bond acceptors (Lipinski definition) is 3. The predicted octanol–water partition coefficient (Wildman–Crippen LogP) is 12.3. The summed E-state index contributed by atoms with van der Waals surface area (Å²) in [6.45, 7) is 4.51. The Bertz CT molecular complexity index is 585. The van der Waals surface area contributed by atoms with E-state index >= 15 is 0 Å². The molecule has 1 atom stereocenters. The summed E-state index contributed by atoms with van der Waals surface area (Å²) < 4.78 is 5.98. The average molecular weight is 579 g/mol. The highest BCUT2D eigenvalue weighted by atomic mass is 16.5. The lowest BCUT2D eigenvalue weighted by atomic mass is 10.0. The fourth-order valence-electron chi connectivity index (χ4n) is 5.53. The summed E-state index contributed by atoms with van der Waals surface area (Å²) in [7, 11) is 0. The third-order valence-electron chi connectivity index (χ3n) is 8.24. The summed E-state index contributed by atoms with van der Waals surface area (Å²) in [5, 5.41) is 8.70. The van der Waals surface area contributed by atoms with Gasteiger partial charge in [-0.3, -0.25) is 9.59 Å². The van der Waals surface area contributed by atoms with E-state index in [2.05, 4.69) is 26.0 Å². The third-order valence-corrected chi connectivity index (χ3v) is 8.24. The van der Waals surface area contributed by atoms with E-state index in [1.54, 1.807) is 0 Å². The molecule has 0 aromatic carbocycles. The molecule has 0 aliphatic heterocycles. The summed E-state index contributed by atoms with van der Waals surface area (Å²) in [5.41, 5.74) is 0. The first kappa shape index (κ1) is 39.7. The van der Waals surface area contributed by atoms with Crippen LogP contribution >= 0.6 is 0 Å². The summed E-state index contributed by atoms with van der Waals surface area (Å²) in [6.07, 6.45) is 39.5. The van der Waals surface area contributed by atoms with Crippen molar-refractivity contribution in [2.75, 3.05) is 0 Å². The average Bonchev–Trinajstić information content (AvgIpc) is 2.95. The van der Waals surface area contributed by atoms with Gasteiger partial charge in [-0.05, 0) is 64.2 Å². The highest BCUT2D eigenvalue weighted by molar-refractivity contribution is 5.69. The maximum Gasteiger partial charge on any atom is 0.306 e. The van der Waals surface area contributed by atoms with Crippen LogP contribution in [-0.2, 0) is 14.3 Å². The number of ether oxygens (including phenoxy) is 1. The lowest BCUT2D eigenvalue weighted by molar-refractivity contribution is -0.150. The number of carboxylic acid groups (broad SMARTS) is 1. The van der Waals surface area contributed by atoms with Crippen LogP contribution in [0.4, 0.5) is 0 Å². The zero-order valence-corrected chi connectivity index (χ0v) is 27.6. The van der Waals surface area contributed by atoms with E-state index in [9.17, 15) is 9.59 Å². The molecule has 4 heteroatoms. The smallest absolute Gasteiger partial charge is 0.306 e. The zero-order valence-electron chi connectivity index (χ0n) is 27.6. The minimum atomic E-state index is -0.678. The van der Waals surface area contributed by atoms with Crippen LogP contribution in [0.2, 0.25) is 0 Å². The summed E-state index contributed by atoms with van der Waals surface area (Å²) in [6, 6.07) is 0. The summed E-state index contributed by atoms with van der Waals surface area (Å²) in [5.74, 6) is -0.654. The molecule has 0 fully saturated rings. The molecular weight excluding hydrogens is 508 g/mol. The van der Waals surface area contributed by atoms with Crippen LogP contribution in [0.5, 0.6) is 0 Å². The van der Waals surface area contributed by atoms with E-state index in [0.29, 0.717) is 12.8 Å². The molecule has 0 heterocycles. The monoisotopic (exact) mass is 579 g/mol. The SMILES string of the molecule is CCCCCC/C=C\CCCCCCCCC(=O)OC(CCCCCCC)CCCCCCCCCCCC(=O)O. The van der Waals surface area contributed by atoms with Gasteiger partial charge in [0.2, 0.25) is 0 Å². The number of rotatable bonds is 33. The first-order valence-corrected chi connectivity index (χ1v) is 18.2. The van der Waals surface area contributed by atoms with Crippen molar-refractivity contribution in [3.8, 4) is 0 Å². The number of carbonyl (C=O) groups excluding carboxylic acids is 1. The van der Waals surface area contributed by atoms with Gasteiger partial charge in [0.15, 0.2) is 0 Å². The van der Waals surface area contributed by atoms with Gasteiger partial charge in [-0.2, -0.15) is 0 Å². The number of aliphatic carboxylic acids is 1. The molecule has 242 valence electrons. The Labute approximate surface area is 255 Å². The van der Waals surface area contributed by atoms with Crippen molar-refractivity contribution in [1.82, 2.24) is 0 Å². The van der Waals surface area contributed by atoms with Crippen molar-refractivity contribution in [1.29, 1.82) is 0 Å². The number of allylic oxidation sites excluding steroid dienone is 2. The second-order valence-corrected chi connectivity index (χ2v) is 12.4. The van der Waals surface area contributed by atoms with Crippen molar-refractivity contribution >= 4 is 11.9 Å². The quantitative estimate of drug-likeness (QED) is 0.0478. The molecule has 0 aliphatic rings. The van der Waals surface area contributed by atoms with Gasteiger partial charge < -0.3 is 9.84 Å². The van der Waals surface area contributed by atoms with Gasteiger partial charge in [0.25, 0.3) is 0 Å². The van der Waals surface area contributed by atoms with Gasteiger partial charge in [-0.25, -0.2) is 0 Å². The van der Waals surface area contributed by atoms with Crippen LogP contribution < -0.4 is 0 Å². The molecule has 0 aromatic heterocycles. The van der Waals surface area contributed by atoms with Gasteiger partial charge in [0.05, 0.1) is 0 Å². The molecule has 1 unspecified atom stereocenters. The lowest BCUT2D eigenvalue weighted by Crippen LogP contribution is -2.18. The molecule has 1 N–H and O–H groups in total. The van der Waals surface area contributed by atoms with E-state index < -0.39 is 5.97 Å². The van der Waals surface area contributed by atoms with Crippen molar-refractivity contribution in [2.24, 2.45) is 0 Å². The van der Waals surface area contributed by atoms with Crippen LogP contribution in [0, 0.1) is 0 Å². The number of unbranched alkanes of at least 4 members (excludes halogenated alkanes) is 22. The fraction of sp³-hybridized carbons (Fsp3) is 0.892. The Morgan fingerprint density at radius 1 is 0.512 bits per heavy atom. The van der Waals surface area contributed by atoms with Crippen LogP contribution in [0.25, 0.3) is 0 Å². The Kier molecular flexibility index (Phi) is 32.1. The van der Waals surface area contributed by atoms with Gasteiger partial charge in [-0.1, -0.05) is 142 Å². The van der Waals surface area contributed by atoms with Crippen molar-refractivity contribution in [2.45, 2.75) is 213 Å². The molecule has 0 bridgehead atoms. The Morgan fingerprint density at radius 3 is 1.34 bits per heavy atom. The van der Waals surface area contributed by atoms with Gasteiger partial charge >= 0.3 is 11.9 Å². The maximum absolute atomic E-state index is 12.6. The lowest BCUT2D eigenvalue weighted by Gasteiger charge is -2.18. The van der Waals surface area contributed by atoms with Gasteiger partial charge in [-0.15, -0.1) is 0 Å². The van der Waals surface area contributed by atoms with Crippen molar-refractivity contribution in [3.63, 3.8) is 0 Å². The number of esters is 1. The van der Waals surface area contributed by atoms with Crippen LogP contribution in [-0.4, -0.2) is 23.1 Å². The van der Waals surface area contributed by atoms with E-state index in [1.165, 1.54) is 128 Å².